The normalized spacial score (nSPS) is 12.1. The van der Waals surface area contributed by atoms with Crippen LogP contribution >= 0.6 is 0 Å². The van der Waals surface area contributed by atoms with Crippen molar-refractivity contribution in [3.8, 4) is 17.2 Å². The fourth-order valence-electron chi connectivity index (χ4n) is 2.37. The van der Waals surface area contributed by atoms with Gasteiger partial charge in [0, 0.05) is 0 Å². The highest BCUT2D eigenvalue weighted by Crippen LogP contribution is 2.40. The lowest BCUT2D eigenvalue weighted by Gasteiger charge is -2.22. The number of carboxylic acids is 1. The third-order valence-electron chi connectivity index (χ3n) is 3.48. The molecule has 0 aliphatic heterocycles. The van der Waals surface area contributed by atoms with Gasteiger partial charge in [-0.15, -0.1) is 0 Å². The Balaban J connectivity index is 2.90. The van der Waals surface area contributed by atoms with Crippen molar-refractivity contribution in [3.05, 3.63) is 17.7 Å². The Kier molecular flexibility index (Phi) is 7.55. The molecule has 0 spiro atoms. The number of rotatable bonds is 8. The molecule has 0 aliphatic carbocycles. The first-order valence-electron chi connectivity index (χ1n) is 8.13. The van der Waals surface area contributed by atoms with E-state index in [0.29, 0.717) is 23.7 Å². The van der Waals surface area contributed by atoms with Gasteiger partial charge in [-0.05, 0) is 45.2 Å². The largest absolute Gasteiger partial charge is 0.493 e. The number of hydrogen-bond donors (Lipinski definition) is 2. The third-order valence-corrected chi connectivity index (χ3v) is 3.48. The fraction of sp³-hybridized carbons (Fsp3) is 0.556. The molecule has 26 heavy (non-hydrogen) atoms. The monoisotopic (exact) mass is 369 g/mol. The van der Waals surface area contributed by atoms with E-state index < -0.39 is 23.7 Å². The minimum Gasteiger partial charge on any atom is -0.493 e. The van der Waals surface area contributed by atoms with Crippen LogP contribution in [0.25, 0.3) is 0 Å². The Bertz CT molecular complexity index is 637. The first-order valence-corrected chi connectivity index (χ1v) is 8.13. The van der Waals surface area contributed by atoms with Gasteiger partial charge in [-0.2, -0.15) is 0 Å². The van der Waals surface area contributed by atoms with Crippen LogP contribution in [0.2, 0.25) is 0 Å². The van der Waals surface area contributed by atoms with E-state index in [2.05, 4.69) is 5.32 Å². The number of carboxylic acid groups (broad SMARTS) is 1. The summed E-state index contributed by atoms with van der Waals surface area (Å²) in [4.78, 5) is 23.3. The molecule has 8 nitrogen and oxygen atoms in total. The topological polar surface area (TPSA) is 103 Å². The predicted molar refractivity (Wildman–Crippen MR) is 95.2 cm³/mol. The Morgan fingerprint density at radius 1 is 1.08 bits per heavy atom. The minimum atomic E-state index is -1.14. The molecule has 0 aromatic heterocycles. The van der Waals surface area contributed by atoms with Gasteiger partial charge in [0.2, 0.25) is 5.75 Å². The van der Waals surface area contributed by atoms with E-state index in [1.807, 2.05) is 0 Å². The van der Waals surface area contributed by atoms with Crippen LogP contribution < -0.4 is 19.5 Å². The second kappa shape index (κ2) is 9.17. The molecule has 0 saturated carbocycles. The lowest BCUT2D eigenvalue weighted by Crippen LogP contribution is -2.43. The highest BCUT2D eigenvalue weighted by Gasteiger charge is 2.25. The molecule has 1 rings (SSSR count). The predicted octanol–water partition coefficient (Wildman–Crippen LogP) is 2.62. The van der Waals surface area contributed by atoms with Crippen molar-refractivity contribution in [2.75, 3.05) is 21.3 Å². The number of hydrogen-bond acceptors (Lipinski definition) is 6. The number of alkyl carbamates (subject to hydrolysis) is 1. The van der Waals surface area contributed by atoms with Crippen molar-refractivity contribution in [2.24, 2.45) is 0 Å². The standard InChI is InChI=1S/C18H27NO7/c1-18(2,3)26-17(22)19-12(16(20)21)9-7-11-8-10-13(23-4)15(25-6)14(11)24-5/h8,10,12H,7,9H2,1-6H3,(H,19,22)(H,20,21)/t12-/m1/s1. The summed E-state index contributed by atoms with van der Waals surface area (Å²) in [7, 11) is 4.50. The maximum absolute atomic E-state index is 11.8. The minimum absolute atomic E-state index is 0.153. The van der Waals surface area contributed by atoms with Crippen LogP contribution in [0.4, 0.5) is 4.79 Å². The van der Waals surface area contributed by atoms with Gasteiger partial charge in [-0.3, -0.25) is 0 Å². The van der Waals surface area contributed by atoms with Crippen LogP contribution in [0.5, 0.6) is 17.2 Å². The highest BCUT2D eigenvalue weighted by atomic mass is 16.6. The Morgan fingerprint density at radius 3 is 2.15 bits per heavy atom. The molecule has 2 N–H and O–H groups in total. The number of methoxy groups -OCH3 is 3. The summed E-state index contributed by atoms with van der Waals surface area (Å²) in [5, 5.41) is 11.7. The molecular weight excluding hydrogens is 342 g/mol. The average molecular weight is 369 g/mol. The van der Waals surface area contributed by atoms with Gasteiger partial charge in [-0.1, -0.05) is 6.07 Å². The number of ether oxygens (including phenoxy) is 4. The van der Waals surface area contributed by atoms with Crippen LogP contribution in [0, 0.1) is 0 Å². The molecule has 1 atom stereocenters. The molecule has 8 heteroatoms. The summed E-state index contributed by atoms with van der Waals surface area (Å²) >= 11 is 0. The number of nitrogens with one attached hydrogen (secondary N) is 1. The van der Waals surface area contributed by atoms with E-state index in [4.69, 9.17) is 18.9 Å². The quantitative estimate of drug-likeness (QED) is 0.726. The third kappa shape index (κ3) is 6.02. The molecule has 0 saturated heterocycles. The number of amides is 1. The van der Waals surface area contributed by atoms with Gasteiger partial charge in [0.15, 0.2) is 11.5 Å². The summed E-state index contributed by atoms with van der Waals surface area (Å²) in [6.07, 6.45) is -0.277. The molecule has 0 fully saturated rings. The number of aryl methyl sites for hydroxylation is 1. The molecule has 146 valence electrons. The second-order valence-electron chi connectivity index (χ2n) is 6.57. The highest BCUT2D eigenvalue weighted by molar-refractivity contribution is 5.80. The van der Waals surface area contributed by atoms with Crippen LogP contribution in [-0.4, -0.2) is 50.1 Å². The summed E-state index contributed by atoms with van der Waals surface area (Å²) < 4.78 is 21.0. The first-order chi connectivity index (χ1) is 12.1. The van der Waals surface area contributed by atoms with Gasteiger partial charge in [0.05, 0.1) is 21.3 Å². The van der Waals surface area contributed by atoms with Crippen LogP contribution in [0.1, 0.15) is 32.8 Å². The lowest BCUT2D eigenvalue weighted by atomic mass is 10.0. The summed E-state index contributed by atoms with van der Waals surface area (Å²) in [6, 6.07) is 2.39. The number of aliphatic carboxylic acids is 1. The zero-order valence-electron chi connectivity index (χ0n) is 16.0. The zero-order valence-corrected chi connectivity index (χ0v) is 16.0. The van der Waals surface area contributed by atoms with E-state index in [1.165, 1.54) is 21.3 Å². The van der Waals surface area contributed by atoms with Crippen molar-refractivity contribution in [2.45, 2.75) is 45.3 Å². The number of benzene rings is 1. The smallest absolute Gasteiger partial charge is 0.408 e. The van der Waals surface area contributed by atoms with Crippen LogP contribution in [-0.2, 0) is 16.0 Å². The SMILES string of the molecule is COc1ccc(CC[C@@H](NC(=O)OC(C)(C)C)C(=O)O)c(OC)c1OC. The average Bonchev–Trinajstić information content (AvgIpc) is 2.55. The Labute approximate surface area is 153 Å². The van der Waals surface area contributed by atoms with E-state index in [0.717, 1.165) is 5.56 Å². The van der Waals surface area contributed by atoms with E-state index in [-0.39, 0.29) is 6.42 Å². The van der Waals surface area contributed by atoms with Crippen LogP contribution in [0.15, 0.2) is 12.1 Å². The summed E-state index contributed by atoms with van der Waals surface area (Å²) in [5.41, 5.74) is 0.0297. The van der Waals surface area contributed by atoms with Crippen molar-refractivity contribution in [3.63, 3.8) is 0 Å². The molecule has 1 amide bonds. The van der Waals surface area contributed by atoms with Gasteiger partial charge < -0.3 is 29.4 Å². The van der Waals surface area contributed by atoms with Crippen molar-refractivity contribution in [1.82, 2.24) is 5.32 Å². The maximum atomic E-state index is 11.8. The molecule has 0 unspecified atom stereocenters. The van der Waals surface area contributed by atoms with E-state index in [1.54, 1.807) is 32.9 Å². The second-order valence-corrected chi connectivity index (χ2v) is 6.57. The zero-order chi connectivity index (χ0) is 19.9. The van der Waals surface area contributed by atoms with Gasteiger partial charge in [-0.25, -0.2) is 9.59 Å². The molecule has 0 bridgehead atoms. The van der Waals surface area contributed by atoms with Crippen molar-refractivity contribution >= 4 is 12.1 Å². The molecule has 0 heterocycles. The Hall–Kier alpha value is -2.64. The van der Waals surface area contributed by atoms with Gasteiger partial charge in [0.25, 0.3) is 0 Å². The van der Waals surface area contributed by atoms with Gasteiger partial charge in [0.1, 0.15) is 11.6 Å². The number of carbonyl (C=O) groups is 2. The first kappa shape index (κ1) is 21.4. The summed E-state index contributed by atoms with van der Waals surface area (Å²) in [5.74, 6) is 0.262. The lowest BCUT2D eigenvalue weighted by molar-refractivity contribution is -0.139. The van der Waals surface area contributed by atoms with Crippen LogP contribution in [0.3, 0.4) is 0 Å². The van der Waals surface area contributed by atoms with E-state index >= 15 is 0 Å². The van der Waals surface area contributed by atoms with Gasteiger partial charge >= 0.3 is 12.1 Å². The summed E-state index contributed by atoms with van der Waals surface area (Å²) in [6.45, 7) is 5.12. The molecule has 0 aliphatic rings. The number of carbonyl (C=O) groups excluding carboxylic acids is 1. The maximum Gasteiger partial charge on any atom is 0.408 e. The molecule has 1 aromatic carbocycles. The van der Waals surface area contributed by atoms with E-state index in [9.17, 15) is 14.7 Å². The molecule has 1 aromatic rings. The Morgan fingerprint density at radius 2 is 1.69 bits per heavy atom. The van der Waals surface area contributed by atoms with Crippen molar-refractivity contribution < 1.29 is 33.6 Å². The van der Waals surface area contributed by atoms with Crippen molar-refractivity contribution in [1.29, 1.82) is 0 Å². The molecular formula is C18H27NO7. The fourth-order valence-corrected chi connectivity index (χ4v) is 2.37. The molecule has 0 radical (unpaired) electrons.